The standard InChI is InChI=1S/C16H11BrN2O3/c17-14-4-2-1-3-13(14)16(21)22-10-15(20)19-12-7-5-11(9-18)6-8-12/h1-8H,10H2,(H,19,20). The first-order valence-electron chi connectivity index (χ1n) is 6.32. The molecule has 2 aromatic carbocycles. The molecule has 0 saturated carbocycles. The number of carbonyl (C=O) groups is 2. The van der Waals surface area contributed by atoms with Crippen LogP contribution in [0.3, 0.4) is 0 Å². The van der Waals surface area contributed by atoms with Gasteiger partial charge in [0.1, 0.15) is 0 Å². The number of ether oxygens (including phenoxy) is 1. The van der Waals surface area contributed by atoms with Gasteiger partial charge in [-0.1, -0.05) is 12.1 Å². The fourth-order valence-corrected chi connectivity index (χ4v) is 2.11. The summed E-state index contributed by atoms with van der Waals surface area (Å²) < 4.78 is 5.56. The van der Waals surface area contributed by atoms with E-state index in [-0.39, 0.29) is 6.61 Å². The highest BCUT2D eigenvalue weighted by atomic mass is 79.9. The third kappa shape index (κ3) is 4.17. The van der Waals surface area contributed by atoms with E-state index in [1.807, 2.05) is 6.07 Å². The van der Waals surface area contributed by atoms with Gasteiger partial charge in [-0.15, -0.1) is 0 Å². The Hall–Kier alpha value is -2.65. The van der Waals surface area contributed by atoms with Crippen LogP contribution in [0.5, 0.6) is 0 Å². The predicted molar refractivity (Wildman–Crippen MR) is 84.2 cm³/mol. The Morgan fingerprint density at radius 2 is 1.82 bits per heavy atom. The molecule has 0 bridgehead atoms. The smallest absolute Gasteiger partial charge is 0.339 e. The minimum atomic E-state index is -0.581. The number of esters is 1. The van der Waals surface area contributed by atoms with Crippen LogP contribution >= 0.6 is 15.9 Å². The molecule has 2 aromatic rings. The second-order valence-electron chi connectivity index (χ2n) is 4.29. The summed E-state index contributed by atoms with van der Waals surface area (Å²) in [4.78, 5) is 23.6. The van der Waals surface area contributed by atoms with Gasteiger partial charge >= 0.3 is 5.97 Å². The molecule has 0 spiro atoms. The zero-order valence-corrected chi connectivity index (χ0v) is 13.0. The van der Waals surface area contributed by atoms with Crippen molar-refractivity contribution in [3.63, 3.8) is 0 Å². The number of nitriles is 1. The van der Waals surface area contributed by atoms with Gasteiger partial charge in [0.15, 0.2) is 6.61 Å². The zero-order valence-electron chi connectivity index (χ0n) is 11.4. The number of hydrogen-bond donors (Lipinski definition) is 1. The van der Waals surface area contributed by atoms with E-state index in [0.29, 0.717) is 21.3 Å². The normalized spacial score (nSPS) is 9.64. The van der Waals surface area contributed by atoms with Gasteiger partial charge in [-0.2, -0.15) is 5.26 Å². The summed E-state index contributed by atoms with van der Waals surface area (Å²) >= 11 is 3.24. The second-order valence-corrected chi connectivity index (χ2v) is 5.15. The lowest BCUT2D eigenvalue weighted by molar-refractivity contribution is -0.119. The molecule has 0 aliphatic carbocycles. The molecule has 0 atom stereocenters. The van der Waals surface area contributed by atoms with Crippen molar-refractivity contribution in [1.82, 2.24) is 0 Å². The van der Waals surface area contributed by atoms with Gasteiger partial charge < -0.3 is 10.1 Å². The van der Waals surface area contributed by atoms with Crippen LogP contribution in [-0.2, 0) is 9.53 Å². The number of carbonyl (C=O) groups excluding carboxylic acids is 2. The molecule has 0 radical (unpaired) electrons. The lowest BCUT2D eigenvalue weighted by atomic mass is 10.2. The maximum Gasteiger partial charge on any atom is 0.339 e. The van der Waals surface area contributed by atoms with Crippen molar-refractivity contribution in [1.29, 1.82) is 5.26 Å². The fourth-order valence-electron chi connectivity index (χ4n) is 1.66. The summed E-state index contributed by atoms with van der Waals surface area (Å²) in [6.07, 6.45) is 0. The van der Waals surface area contributed by atoms with Crippen molar-refractivity contribution in [2.75, 3.05) is 11.9 Å². The highest BCUT2D eigenvalue weighted by molar-refractivity contribution is 9.10. The molecule has 6 heteroatoms. The number of rotatable bonds is 4. The van der Waals surface area contributed by atoms with E-state index in [1.54, 1.807) is 48.5 Å². The van der Waals surface area contributed by atoms with Gasteiger partial charge in [0.05, 0.1) is 17.2 Å². The van der Waals surface area contributed by atoms with Crippen LogP contribution < -0.4 is 5.32 Å². The molecule has 1 N–H and O–H groups in total. The van der Waals surface area contributed by atoms with Crippen LogP contribution in [0.4, 0.5) is 5.69 Å². The van der Waals surface area contributed by atoms with Crippen LogP contribution in [0.15, 0.2) is 53.0 Å². The molecule has 1 amide bonds. The fraction of sp³-hybridized carbons (Fsp3) is 0.0625. The Morgan fingerprint density at radius 1 is 1.14 bits per heavy atom. The molecular weight excluding hydrogens is 348 g/mol. The van der Waals surface area contributed by atoms with Crippen molar-refractivity contribution < 1.29 is 14.3 Å². The highest BCUT2D eigenvalue weighted by Gasteiger charge is 2.12. The number of nitrogens with one attached hydrogen (secondary N) is 1. The van der Waals surface area contributed by atoms with E-state index in [4.69, 9.17) is 10.00 Å². The Morgan fingerprint density at radius 3 is 2.45 bits per heavy atom. The summed E-state index contributed by atoms with van der Waals surface area (Å²) in [5, 5.41) is 11.3. The van der Waals surface area contributed by atoms with Gasteiger partial charge in [-0.25, -0.2) is 4.79 Å². The molecule has 0 heterocycles. The lowest BCUT2D eigenvalue weighted by Crippen LogP contribution is -2.21. The molecule has 2 rings (SSSR count). The van der Waals surface area contributed by atoms with Crippen LogP contribution in [0.25, 0.3) is 0 Å². The molecule has 5 nitrogen and oxygen atoms in total. The van der Waals surface area contributed by atoms with Gasteiger partial charge in [-0.3, -0.25) is 4.79 Å². The van der Waals surface area contributed by atoms with Gasteiger partial charge in [0.25, 0.3) is 5.91 Å². The van der Waals surface area contributed by atoms with E-state index >= 15 is 0 Å². The first-order chi connectivity index (χ1) is 10.6. The number of amides is 1. The quantitative estimate of drug-likeness (QED) is 0.851. The number of benzene rings is 2. The Labute approximate surface area is 135 Å². The molecule has 0 aromatic heterocycles. The molecule has 0 unspecified atom stereocenters. The number of nitrogens with zero attached hydrogens (tertiary/aromatic N) is 1. The van der Waals surface area contributed by atoms with E-state index in [1.165, 1.54) is 0 Å². The van der Waals surface area contributed by atoms with E-state index < -0.39 is 11.9 Å². The predicted octanol–water partition coefficient (Wildman–Crippen LogP) is 3.12. The summed E-state index contributed by atoms with van der Waals surface area (Å²) in [6.45, 7) is -0.389. The zero-order chi connectivity index (χ0) is 15.9. The first kappa shape index (κ1) is 15.7. The summed E-state index contributed by atoms with van der Waals surface area (Å²) in [7, 11) is 0. The van der Waals surface area contributed by atoms with Crippen LogP contribution in [0, 0.1) is 11.3 Å². The van der Waals surface area contributed by atoms with Crippen molar-refractivity contribution >= 4 is 33.5 Å². The third-order valence-electron chi connectivity index (χ3n) is 2.73. The third-order valence-corrected chi connectivity index (χ3v) is 3.42. The van der Waals surface area contributed by atoms with Crippen molar-refractivity contribution in [3.8, 4) is 6.07 Å². The van der Waals surface area contributed by atoms with Crippen LogP contribution in [0.1, 0.15) is 15.9 Å². The summed E-state index contributed by atoms with van der Waals surface area (Å²) in [5.41, 5.74) is 1.38. The lowest BCUT2D eigenvalue weighted by Gasteiger charge is -2.07. The largest absolute Gasteiger partial charge is 0.452 e. The molecule has 0 saturated heterocycles. The van der Waals surface area contributed by atoms with Crippen molar-refractivity contribution in [2.24, 2.45) is 0 Å². The Bertz CT molecular complexity index is 736. The Balaban J connectivity index is 1.89. The summed E-state index contributed by atoms with van der Waals surface area (Å²) in [6, 6.07) is 15.2. The molecule has 110 valence electrons. The highest BCUT2D eigenvalue weighted by Crippen LogP contribution is 2.16. The minimum absolute atomic E-state index is 0.355. The van der Waals surface area contributed by atoms with E-state index in [9.17, 15) is 9.59 Å². The van der Waals surface area contributed by atoms with Gasteiger partial charge in [0.2, 0.25) is 0 Å². The average molecular weight is 359 g/mol. The molecular formula is C16H11BrN2O3. The molecule has 0 aliphatic heterocycles. The SMILES string of the molecule is N#Cc1ccc(NC(=O)COC(=O)c2ccccc2Br)cc1. The first-order valence-corrected chi connectivity index (χ1v) is 7.11. The van der Waals surface area contributed by atoms with E-state index in [0.717, 1.165) is 0 Å². The van der Waals surface area contributed by atoms with Crippen molar-refractivity contribution in [3.05, 3.63) is 64.1 Å². The van der Waals surface area contributed by atoms with Gasteiger partial charge in [-0.05, 0) is 52.3 Å². The summed E-state index contributed by atoms with van der Waals surface area (Å²) in [5.74, 6) is -1.03. The minimum Gasteiger partial charge on any atom is -0.452 e. The Kier molecular flexibility index (Phi) is 5.28. The molecule has 22 heavy (non-hydrogen) atoms. The second kappa shape index (κ2) is 7.38. The number of hydrogen-bond acceptors (Lipinski definition) is 4. The van der Waals surface area contributed by atoms with Crippen LogP contribution in [0.2, 0.25) is 0 Å². The van der Waals surface area contributed by atoms with E-state index in [2.05, 4.69) is 21.2 Å². The van der Waals surface area contributed by atoms with Crippen LogP contribution in [-0.4, -0.2) is 18.5 Å². The van der Waals surface area contributed by atoms with Crippen molar-refractivity contribution in [2.45, 2.75) is 0 Å². The maximum absolute atomic E-state index is 11.8. The number of halogens is 1. The monoisotopic (exact) mass is 358 g/mol. The number of anilines is 1. The average Bonchev–Trinajstić information content (AvgIpc) is 2.54. The van der Waals surface area contributed by atoms with Gasteiger partial charge in [0, 0.05) is 10.2 Å². The maximum atomic E-state index is 11.8. The topological polar surface area (TPSA) is 79.2 Å². The molecule has 0 fully saturated rings. The molecule has 0 aliphatic rings.